The summed E-state index contributed by atoms with van der Waals surface area (Å²) in [6.45, 7) is 4.10. The maximum atomic E-state index is 4.21. The van der Waals surface area contributed by atoms with Crippen molar-refractivity contribution in [2.24, 2.45) is 0 Å². The first kappa shape index (κ1) is 9.27. The minimum atomic E-state index is 0.877. The molecule has 72 valence electrons. The quantitative estimate of drug-likeness (QED) is 0.756. The fourth-order valence-corrected chi connectivity index (χ4v) is 1.90. The van der Waals surface area contributed by atoms with Gasteiger partial charge in [-0.25, -0.2) is 4.98 Å². The van der Waals surface area contributed by atoms with Gasteiger partial charge in [-0.3, -0.25) is 0 Å². The lowest BCUT2D eigenvalue weighted by molar-refractivity contribution is 0.936. The minimum Gasteiger partial charge on any atom is -0.243 e. The van der Waals surface area contributed by atoms with Crippen molar-refractivity contribution < 1.29 is 0 Å². The van der Waals surface area contributed by atoms with Crippen molar-refractivity contribution in [1.82, 2.24) is 15.2 Å². The van der Waals surface area contributed by atoms with Crippen molar-refractivity contribution in [1.29, 1.82) is 0 Å². The Kier molecular flexibility index (Phi) is 2.54. The maximum Gasteiger partial charge on any atom is 0.143 e. The Morgan fingerprint density at radius 2 is 2.21 bits per heavy atom. The van der Waals surface area contributed by atoms with E-state index >= 15 is 0 Å². The third-order valence-corrected chi connectivity index (χ3v) is 2.91. The normalized spacial score (nSPS) is 10.4. The number of hydrogen-bond donors (Lipinski definition) is 0. The Hall–Kier alpha value is -1.29. The summed E-state index contributed by atoms with van der Waals surface area (Å²) in [5.74, 6) is 0. The molecule has 4 heteroatoms. The van der Waals surface area contributed by atoms with Gasteiger partial charge < -0.3 is 0 Å². The molecule has 0 bridgehead atoms. The number of hydrogen-bond acceptors (Lipinski definition) is 4. The average molecular weight is 205 g/mol. The first-order chi connectivity index (χ1) is 6.81. The summed E-state index contributed by atoms with van der Waals surface area (Å²) in [6.07, 6.45) is 2.77. The van der Waals surface area contributed by atoms with E-state index in [2.05, 4.69) is 28.2 Å². The van der Waals surface area contributed by atoms with Crippen molar-refractivity contribution in [2.75, 3.05) is 0 Å². The largest absolute Gasteiger partial charge is 0.243 e. The van der Waals surface area contributed by atoms with Crippen molar-refractivity contribution in [3.05, 3.63) is 28.9 Å². The highest BCUT2D eigenvalue weighted by molar-refractivity contribution is 7.13. The molecule has 0 aliphatic rings. The third kappa shape index (κ3) is 1.65. The number of nitrogens with zero attached hydrogens (tertiary/aromatic N) is 3. The minimum absolute atomic E-state index is 0.877. The van der Waals surface area contributed by atoms with E-state index in [9.17, 15) is 0 Å². The van der Waals surface area contributed by atoms with E-state index in [0.29, 0.717) is 0 Å². The van der Waals surface area contributed by atoms with Gasteiger partial charge in [-0.2, -0.15) is 5.10 Å². The summed E-state index contributed by atoms with van der Waals surface area (Å²) in [5, 5.41) is 11.1. The van der Waals surface area contributed by atoms with E-state index in [1.165, 1.54) is 5.56 Å². The lowest BCUT2D eigenvalue weighted by atomic mass is 10.1. The van der Waals surface area contributed by atoms with Gasteiger partial charge >= 0.3 is 0 Å². The summed E-state index contributed by atoms with van der Waals surface area (Å²) in [6, 6.07) is 2.07. The van der Waals surface area contributed by atoms with Crippen molar-refractivity contribution in [2.45, 2.75) is 20.3 Å². The Balaban J connectivity index is 2.46. The molecule has 0 saturated carbocycles. The summed E-state index contributed by atoms with van der Waals surface area (Å²) < 4.78 is 0. The van der Waals surface area contributed by atoms with Crippen LogP contribution in [-0.4, -0.2) is 15.2 Å². The van der Waals surface area contributed by atoms with Crippen LogP contribution in [0.15, 0.2) is 17.6 Å². The molecule has 2 rings (SSSR count). The van der Waals surface area contributed by atoms with Crippen LogP contribution < -0.4 is 0 Å². The number of rotatable bonds is 2. The Labute approximate surface area is 86.9 Å². The van der Waals surface area contributed by atoms with Crippen LogP contribution in [-0.2, 0) is 6.42 Å². The lowest BCUT2D eigenvalue weighted by Crippen LogP contribution is -1.96. The second-order valence-corrected chi connectivity index (χ2v) is 3.93. The second kappa shape index (κ2) is 3.84. The first-order valence-corrected chi connectivity index (χ1v) is 5.42. The van der Waals surface area contributed by atoms with Crippen molar-refractivity contribution in [3.63, 3.8) is 0 Å². The zero-order valence-corrected chi connectivity index (χ0v) is 9.01. The van der Waals surface area contributed by atoms with Gasteiger partial charge in [-0.15, -0.1) is 16.4 Å². The van der Waals surface area contributed by atoms with Crippen LogP contribution in [0.3, 0.4) is 0 Å². The van der Waals surface area contributed by atoms with Gasteiger partial charge in [0.1, 0.15) is 10.7 Å². The monoisotopic (exact) mass is 205 g/mol. The molecule has 0 unspecified atom stereocenters. The van der Waals surface area contributed by atoms with Gasteiger partial charge in [0.15, 0.2) is 0 Å². The fraction of sp³-hybridized carbons (Fsp3) is 0.300. The first-order valence-electron chi connectivity index (χ1n) is 4.54. The van der Waals surface area contributed by atoms with Gasteiger partial charge in [0.25, 0.3) is 0 Å². The van der Waals surface area contributed by atoms with Crippen LogP contribution in [0.1, 0.15) is 18.2 Å². The molecular weight excluding hydrogens is 194 g/mol. The molecule has 14 heavy (non-hydrogen) atoms. The predicted octanol–water partition coefficient (Wildman–Crippen LogP) is 2.47. The molecule has 2 heterocycles. The fourth-order valence-electron chi connectivity index (χ4n) is 1.30. The van der Waals surface area contributed by atoms with E-state index in [1.54, 1.807) is 17.5 Å². The molecule has 0 aliphatic heterocycles. The van der Waals surface area contributed by atoms with E-state index < -0.39 is 0 Å². The van der Waals surface area contributed by atoms with Crippen LogP contribution >= 0.6 is 11.3 Å². The topological polar surface area (TPSA) is 38.7 Å². The average Bonchev–Trinajstić information content (AvgIpc) is 2.71. The summed E-state index contributed by atoms with van der Waals surface area (Å²) in [5.41, 5.74) is 3.13. The lowest BCUT2D eigenvalue weighted by Gasteiger charge is -2.01. The maximum absolute atomic E-state index is 4.21. The highest BCUT2D eigenvalue weighted by Gasteiger charge is 2.05. The standard InChI is InChI=1S/C10H11N3S/c1-3-8-6-9(13-12-7(8)2)10-11-4-5-14-10/h4-6H,3H2,1-2H3. The molecule has 0 saturated heterocycles. The van der Waals surface area contributed by atoms with Gasteiger partial charge in [0.2, 0.25) is 0 Å². The highest BCUT2D eigenvalue weighted by atomic mass is 32.1. The highest BCUT2D eigenvalue weighted by Crippen LogP contribution is 2.20. The summed E-state index contributed by atoms with van der Waals surface area (Å²) in [7, 11) is 0. The van der Waals surface area contributed by atoms with Crippen LogP contribution in [0.5, 0.6) is 0 Å². The molecular formula is C10H11N3S. The van der Waals surface area contributed by atoms with Gasteiger partial charge in [-0.05, 0) is 25.0 Å². The van der Waals surface area contributed by atoms with Gasteiger partial charge in [0.05, 0.1) is 5.69 Å². The van der Waals surface area contributed by atoms with Crippen molar-refractivity contribution >= 4 is 11.3 Å². The molecule has 0 amide bonds. The molecule has 0 aromatic carbocycles. The number of thiazole rings is 1. The molecule has 0 radical (unpaired) electrons. The van der Waals surface area contributed by atoms with Gasteiger partial charge in [0, 0.05) is 11.6 Å². The third-order valence-electron chi connectivity index (χ3n) is 2.12. The summed E-state index contributed by atoms with van der Waals surface area (Å²) in [4.78, 5) is 4.21. The Bertz CT molecular complexity index is 423. The van der Waals surface area contributed by atoms with Gasteiger partial charge in [-0.1, -0.05) is 6.92 Å². The molecule has 3 nitrogen and oxygen atoms in total. The van der Waals surface area contributed by atoms with Crippen LogP contribution in [0.2, 0.25) is 0 Å². The molecule has 0 atom stereocenters. The van der Waals surface area contributed by atoms with Crippen LogP contribution in [0.25, 0.3) is 10.7 Å². The van der Waals surface area contributed by atoms with Crippen molar-refractivity contribution in [3.8, 4) is 10.7 Å². The Morgan fingerprint density at radius 1 is 1.36 bits per heavy atom. The summed E-state index contributed by atoms with van der Waals surface area (Å²) >= 11 is 1.59. The molecule has 0 aliphatic carbocycles. The molecule has 0 spiro atoms. The predicted molar refractivity (Wildman–Crippen MR) is 57.3 cm³/mol. The van der Waals surface area contributed by atoms with E-state index in [1.807, 2.05) is 12.3 Å². The van der Waals surface area contributed by atoms with E-state index in [-0.39, 0.29) is 0 Å². The second-order valence-electron chi connectivity index (χ2n) is 3.03. The number of aryl methyl sites for hydroxylation is 2. The van der Waals surface area contributed by atoms with E-state index in [4.69, 9.17) is 0 Å². The van der Waals surface area contributed by atoms with E-state index in [0.717, 1.165) is 22.8 Å². The number of aromatic nitrogens is 3. The molecule has 0 fully saturated rings. The molecule has 0 N–H and O–H groups in total. The van der Waals surface area contributed by atoms with Crippen LogP contribution in [0.4, 0.5) is 0 Å². The van der Waals surface area contributed by atoms with Crippen LogP contribution in [0, 0.1) is 6.92 Å². The zero-order chi connectivity index (χ0) is 9.97. The molecule has 2 aromatic heterocycles. The zero-order valence-electron chi connectivity index (χ0n) is 8.19. The molecule has 2 aromatic rings. The Morgan fingerprint density at radius 3 is 2.86 bits per heavy atom. The smallest absolute Gasteiger partial charge is 0.143 e. The SMILES string of the molecule is CCc1cc(-c2nccs2)nnc1C.